The van der Waals surface area contributed by atoms with Gasteiger partial charge < -0.3 is 19.1 Å². The van der Waals surface area contributed by atoms with E-state index in [0.717, 1.165) is 12.8 Å². The molecule has 2 aliphatic rings. The summed E-state index contributed by atoms with van der Waals surface area (Å²) in [7, 11) is 3.21. The first-order valence-electron chi connectivity index (χ1n) is 11.0. The molecule has 1 aromatic heterocycles. The van der Waals surface area contributed by atoms with Gasteiger partial charge in [0, 0.05) is 25.7 Å². The fraction of sp³-hybridized carbons (Fsp3) is 0.333. The summed E-state index contributed by atoms with van der Waals surface area (Å²) >= 11 is 1.27. The second-order valence-corrected chi connectivity index (χ2v) is 9.24. The Morgan fingerprint density at radius 2 is 1.76 bits per heavy atom. The van der Waals surface area contributed by atoms with Crippen LogP contribution >= 0.6 is 11.8 Å². The Morgan fingerprint density at radius 3 is 2.47 bits per heavy atom. The summed E-state index contributed by atoms with van der Waals surface area (Å²) in [5, 5.41) is 8.92. The fourth-order valence-corrected chi connectivity index (χ4v) is 4.95. The molecule has 0 fully saturated rings. The Hall–Kier alpha value is -3.53. The number of benzene rings is 2. The average Bonchev–Trinajstić information content (AvgIpc) is 3.45. The van der Waals surface area contributed by atoms with Gasteiger partial charge in [0.1, 0.15) is 13.2 Å². The minimum Gasteiger partial charge on any atom is -0.486 e. The first-order valence-corrected chi connectivity index (χ1v) is 11.9. The van der Waals surface area contributed by atoms with E-state index in [0.29, 0.717) is 35.4 Å². The summed E-state index contributed by atoms with van der Waals surface area (Å²) in [6, 6.07) is 13.6. The lowest BCUT2D eigenvalue weighted by Gasteiger charge is -2.18. The topological polar surface area (TPSA) is 95.8 Å². The molecule has 176 valence electrons. The van der Waals surface area contributed by atoms with Crippen molar-refractivity contribution in [2.75, 3.05) is 33.1 Å². The Kier molecular flexibility index (Phi) is 6.14. The number of fused-ring (bicyclic) bond motifs is 2. The normalized spacial score (nSPS) is 14.5. The largest absolute Gasteiger partial charge is 0.486 e. The van der Waals surface area contributed by atoms with Crippen LogP contribution < -0.4 is 14.2 Å². The molecule has 2 aromatic carbocycles. The van der Waals surface area contributed by atoms with Crippen molar-refractivity contribution in [1.29, 1.82) is 0 Å². The first-order chi connectivity index (χ1) is 16.5. The molecular weight excluding hydrogens is 456 g/mol. The lowest BCUT2D eigenvalue weighted by Crippen LogP contribution is -2.27. The summed E-state index contributed by atoms with van der Waals surface area (Å²) in [5.41, 5.74) is 3.03. The highest BCUT2D eigenvalue weighted by atomic mass is 32.2. The molecule has 0 saturated carbocycles. The van der Waals surface area contributed by atoms with Gasteiger partial charge in [-0.1, -0.05) is 41.1 Å². The summed E-state index contributed by atoms with van der Waals surface area (Å²) in [6.45, 7) is 0.957. The molecule has 0 bridgehead atoms. The zero-order valence-electron chi connectivity index (χ0n) is 18.9. The van der Waals surface area contributed by atoms with Crippen LogP contribution in [0.3, 0.4) is 0 Å². The number of Topliss-reactive ketones (excluding diaryl/α,β-unsaturated/α-hetero) is 1. The summed E-state index contributed by atoms with van der Waals surface area (Å²) < 4.78 is 18.5. The molecule has 0 spiro atoms. The number of hydrogen-bond acceptors (Lipinski definition) is 8. The van der Waals surface area contributed by atoms with Gasteiger partial charge in [-0.2, -0.15) is 0 Å². The van der Waals surface area contributed by atoms with E-state index in [9.17, 15) is 9.59 Å². The maximum Gasteiger partial charge on any atom is 0.417 e. The Balaban J connectivity index is 1.36. The van der Waals surface area contributed by atoms with E-state index in [-0.39, 0.29) is 23.6 Å². The molecule has 9 nitrogen and oxygen atoms in total. The van der Waals surface area contributed by atoms with Crippen LogP contribution in [0.25, 0.3) is 0 Å². The summed E-state index contributed by atoms with van der Waals surface area (Å²) in [4.78, 5) is 26.5. The number of aromatic nitrogens is 3. The molecule has 5 rings (SSSR count). The van der Waals surface area contributed by atoms with Crippen molar-refractivity contribution in [3.8, 4) is 17.5 Å². The van der Waals surface area contributed by atoms with E-state index in [1.54, 1.807) is 32.3 Å². The average molecular weight is 481 g/mol. The molecule has 0 unspecified atom stereocenters. The third-order valence-corrected chi connectivity index (χ3v) is 6.71. The Morgan fingerprint density at radius 1 is 1.06 bits per heavy atom. The second kappa shape index (κ2) is 9.38. The Labute approximate surface area is 201 Å². The highest BCUT2D eigenvalue weighted by molar-refractivity contribution is 7.99. The third kappa shape index (κ3) is 4.45. The number of amides is 1. The van der Waals surface area contributed by atoms with Crippen LogP contribution in [0.15, 0.2) is 47.6 Å². The monoisotopic (exact) mass is 480 g/mol. The van der Waals surface area contributed by atoms with Crippen molar-refractivity contribution in [3.05, 3.63) is 59.2 Å². The first kappa shape index (κ1) is 22.3. The molecule has 1 aliphatic heterocycles. The number of rotatable bonds is 6. The predicted octanol–water partition coefficient (Wildman–Crippen LogP) is 3.42. The second-order valence-electron chi connectivity index (χ2n) is 8.30. The van der Waals surface area contributed by atoms with Crippen LogP contribution in [0, 0.1) is 0 Å². The van der Waals surface area contributed by atoms with Crippen LogP contribution in [0.5, 0.6) is 17.5 Å². The highest BCUT2D eigenvalue weighted by Gasteiger charge is 2.30. The van der Waals surface area contributed by atoms with Gasteiger partial charge in [-0.25, -0.2) is 4.79 Å². The molecule has 1 aliphatic carbocycles. The van der Waals surface area contributed by atoms with Gasteiger partial charge in [0.25, 0.3) is 0 Å². The van der Waals surface area contributed by atoms with Crippen LogP contribution in [0.2, 0.25) is 0 Å². The number of thioether (sulfide) groups is 1. The van der Waals surface area contributed by atoms with Crippen molar-refractivity contribution >= 4 is 23.6 Å². The molecule has 0 saturated heterocycles. The lowest BCUT2D eigenvalue weighted by molar-refractivity contribution is 0.102. The van der Waals surface area contributed by atoms with Crippen molar-refractivity contribution in [2.45, 2.75) is 24.0 Å². The van der Waals surface area contributed by atoms with Gasteiger partial charge in [0.05, 0.1) is 5.75 Å². The van der Waals surface area contributed by atoms with Crippen molar-refractivity contribution in [1.82, 2.24) is 19.7 Å². The number of ether oxygens (including phenoxy) is 3. The molecule has 0 radical (unpaired) electrons. The minimum absolute atomic E-state index is 0.00995. The van der Waals surface area contributed by atoms with Crippen molar-refractivity contribution < 1.29 is 23.8 Å². The standard InChI is InChI=1S/C24H24N4O5S/c1-27(2)24(30)33-22-25-26-23(28(22)18-11-15-5-3-4-6-16(15)12-18)34-14-19(29)17-7-8-20-21(13-17)32-10-9-31-20/h3-8,13,18H,9-12,14H2,1-2H3. The SMILES string of the molecule is CN(C)C(=O)Oc1nnc(SCC(=O)c2ccc3c(c2)OCCO3)n1C1Cc2ccccc2C1. The molecule has 0 atom stereocenters. The number of ketones is 1. The molecule has 1 amide bonds. The van der Waals surface area contributed by atoms with E-state index in [1.165, 1.54) is 27.8 Å². The maximum absolute atomic E-state index is 12.9. The predicted molar refractivity (Wildman–Crippen MR) is 125 cm³/mol. The zero-order valence-corrected chi connectivity index (χ0v) is 19.7. The summed E-state index contributed by atoms with van der Waals surface area (Å²) in [6.07, 6.45) is 1.00. The van der Waals surface area contributed by atoms with Gasteiger partial charge in [-0.05, 0) is 42.2 Å². The van der Waals surface area contributed by atoms with Crippen molar-refractivity contribution in [3.63, 3.8) is 0 Å². The Bertz CT molecular complexity index is 1220. The van der Waals surface area contributed by atoms with Gasteiger partial charge in [0.2, 0.25) is 0 Å². The maximum atomic E-state index is 12.9. The lowest BCUT2D eigenvalue weighted by atomic mass is 10.1. The van der Waals surface area contributed by atoms with E-state index in [2.05, 4.69) is 22.3 Å². The zero-order chi connectivity index (χ0) is 23.7. The number of carbonyl (C=O) groups excluding carboxylic acids is 2. The van der Waals surface area contributed by atoms with Crippen LogP contribution in [0.1, 0.15) is 27.5 Å². The van der Waals surface area contributed by atoms with Gasteiger partial charge in [-0.3, -0.25) is 9.36 Å². The number of nitrogens with zero attached hydrogens (tertiary/aromatic N) is 4. The number of carbonyl (C=O) groups is 2. The van der Waals surface area contributed by atoms with Gasteiger partial charge >= 0.3 is 12.1 Å². The summed E-state index contributed by atoms with van der Waals surface area (Å²) in [5.74, 6) is 1.30. The molecular formula is C24H24N4O5S. The number of hydrogen-bond donors (Lipinski definition) is 0. The smallest absolute Gasteiger partial charge is 0.417 e. The van der Waals surface area contributed by atoms with Gasteiger partial charge in [0.15, 0.2) is 22.4 Å². The quantitative estimate of drug-likeness (QED) is 0.391. The minimum atomic E-state index is -0.534. The molecule has 34 heavy (non-hydrogen) atoms. The van der Waals surface area contributed by atoms with Gasteiger partial charge in [-0.15, -0.1) is 5.10 Å². The molecule has 10 heteroatoms. The highest BCUT2D eigenvalue weighted by Crippen LogP contribution is 2.36. The van der Waals surface area contributed by atoms with E-state index in [1.807, 2.05) is 16.7 Å². The fourth-order valence-electron chi connectivity index (χ4n) is 4.06. The van der Waals surface area contributed by atoms with E-state index < -0.39 is 6.09 Å². The van der Waals surface area contributed by atoms with Crippen molar-refractivity contribution in [2.24, 2.45) is 0 Å². The van der Waals surface area contributed by atoms with E-state index >= 15 is 0 Å². The molecule has 0 N–H and O–H groups in total. The molecule has 2 heterocycles. The third-order valence-electron chi connectivity index (χ3n) is 5.77. The van der Waals surface area contributed by atoms with Crippen LogP contribution in [-0.2, 0) is 12.8 Å². The van der Waals surface area contributed by atoms with Crippen LogP contribution in [-0.4, -0.2) is 64.6 Å². The van der Waals surface area contributed by atoms with Crippen LogP contribution in [0.4, 0.5) is 4.79 Å². The van der Waals surface area contributed by atoms with E-state index in [4.69, 9.17) is 14.2 Å². The molecule has 3 aromatic rings.